The number of hydrogen-bond acceptors (Lipinski definition) is 4. The van der Waals surface area contributed by atoms with E-state index in [0.717, 1.165) is 33.8 Å². The molecule has 0 aromatic heterocycles. The highest BCUT2D eigenvalue weighted by atomic mass is 35.5. The highest BCUT2D eigenvalue weighted by Gasteiger charge is 2.32. The van der Waals surface area contributed by atoms with E-state index in [4.69, 9.17) is 37.7 Å². The largest absolute Gasteiger partial charge is 0.496 e. The third kappa shape index (κ3) is 4.87. The minimum atomic E-state index is -0.117. The molecule has 0 radical (unpaired) electrons. The van der Waals surface area contributed by atoms with E-state index in [1.165, 1.54) is 0 Å². The highest BCUT2D eigenvalue weighted by molar-refractivity contribution is 6.30. The fourth-order valence-corrected chi connectivity index (χ4v) is 3.99. The predicted octanol–water partition coefficient (Wildman–Crippen LogP) is 6.37. The minimum absolute atomic E-state index is 0.0475. The first-order valence-electron chi connectivity index (χ1n) is 10.2. The van der Waals surface area contributed by atoms with E-state index in [2.05, 4.69) is 11.4 Å². The Kier molecular flexibility index (Phi) is 6.81. The van der Waals surface area contributed by atoms with Crippen molar-refractivity contribution in [3.63, 3.8) is 0 Å². The van der Waals surface area contributed by atoms with Gasteiger partial charge in [0.1, 0.15) is 17.6 Å². The molecule has 0 spiro atoms. The molecule has 0 saturated heterocycles. The maximum absolute atomic E-state index is 6.12. The quantitative estimate of drug-likeness (QED) is 0.450. The summed E-state index contributed by atoms with van der Waals surface area (Å²) >= 11 is 12.2. The topological polar surface area (TPSA) is 42.9 Å². The second kappa shape index (κ2) is 9.73. The molecule has 1 N–H and O–H groups in total. The van der Waals surface area contributed by atoms with Crippen molar-refractivity contribution in [2.45, 2.75) is 25.6 Å². The number of nitrogens with one attached hydrogen (secondary N) is 1. The van der Waals surface area contributed by atoms with Crippen molar-refractivity contribution in [3.8, 4) is 5.75 Å². The number of ether oxygens (including phenoxy) is 2. The molecular formula is C25H24Cl2N2O2. The molecule has 160 valence electrons. The maximum atomic E-state index is 6.12. The lowest BCUT2D eigenvalue weighted by Crippen LogP contribution is -2.25. The smallest absolute Gasteiger partial charge is 0.133 e. The zero-order valence-corrected chi connectivity index (χ0v) is 19.0. The van der Waals surface area contributed by atoms with Crippen LogP contribution in [0.3, 0.4) is 0 Å². The van der Waals surface area contributed by atoms with E-state index in [0.29, 0.717) is 23.3 Å². The summed E-state index contributed by atoms with van der Waals surface area (Å²) in [7, 11) is 1.67. The number of methoxy groups -OCH3 is 1. The van der Waals surface area contributed by atoms with Crippen LogP contribution in [0.5, 0.6) is 5.75 Å². The van der Waals surface area contributed by atoms with Crippen LogP contribution in [0.25, 0.3) is 0 Å². The lowest BCUT2D eigenvalue weighted by atomic mass is 9.95. The minimum Gasteiger partial charge on any atom is -0.496 e. The SMILES string of the molecule is CCOCc1ccc(OC)c(C2=NC(c3ccc(Cl)cc3)C(c3ccc(Cl)cc3)N2)c1. The van der Waals surface area contributed by atoms with Crippen LogP contribution in [-0.4, -0.2) is 19.6 Å². The van der Waals surface area contributed by atoms with Crippen molar-refractivity contribution in [2.24, 2.45) is 4.99 Å². The van der Waals surface area contributed by atoms with Crippen LogP contribution in [0.1, 0.15) is 41.3 Å². The van der Waals surface area contributed by atoms with Crippen LogP contribution in [0, 0.1) is 0 Å². The van der Waals surface area contributed by atoms with E-state index in [1.54, 1.807) is 7.11 Å². The first-order chi connectivity index (χ1) is 15.1. The first kappa shape index (κ1) is 21.7. The van der Waals surface area contributed by atoms with Gasteiger partial charge in [-0.1, -0.05) is 53.5 Å². The normalized spacial score (nSPS) is 17.9. The Morgan fingerprint density at radius 1 is 0.903 bits per heavy atom. The Morgan fingerprint density at radius 3 is 2.16 bits per heavy atom. The lowest BCUT2D eigenvalue weighted by Gasteiger charge is -2.20. The lowest BCUT2D eigenvalue weighted by molar-refractivity contribution is 0.134. The Hall–Kier alpha value is -2.53. The number of amidine groups is 1. The zero-order chi connectivity index (χ0) is 21.8. The molecule has 0 bridgehead atoms. The van der Waals surface area contributed by atoms with Gasteiger partial charge in [0.2, 0.25) is 0 Å². The number of nitrogens with zero attached hydrogens (tertiary/aromatic N) is 1. The summed E-state index contributed by atoms with van der Waals surface area (Å²) in [6.45, 7) is 3.19. The van der Waals surface area contributed by atoms with Crippen molar-refractivity contribution in [2.75, 3.05) is 13.7 Å². The maximum Gasteiger partial charge on any atom is 0.133 e. The molecule has 0 fully saturated rings. The van der Waals surface area contributed by atoms with Gasteiger partial charge in [-0.25, -0.2) is 0 Å². The average Bonchev–Trinajstić information content (AvgIpc) is 3.24. The Labute approximate surface area is 192 Å². The number of benzene rings is 3. The van der Waals surface area contributed by atoms with Gasteiger partial charge in [-0.05, 0) is 60.0 Å². The van der Waals surface area contributed by atoms with Crippen LogP contribution in [-0.2, 0) is 11.3 Å². The summed E-state index contributed by atoms with van der Waals surface area (Å²) in [5.41, 5.74) is 4.17. The second-order valence-electron chi connectivity index (χ2n) is 7.32. The van der Waals surface area contributed by atoms with E-state index in [1.807, 2.05) is 67.6 Å². The molecule has 31 heavy (non-hydrogen) atoms. The van der Waals surface area contributed by atoms with Crippen molar-refractivity contribution >= 4 is 29.0 Å². The molecule has 2 unspecified atom stereocenters. The molecule has 0 amide bonds. The summed E-state index contributed by atoms with van der Waals surface area (Å²) in [6, 6.07) is 21.6. The van der Waals surface area contributed by atoms with Gasteiger partial charge in [-0.2, -0.15) is 0 Å². The summed E-state index contributed by atoms with van der Waals surface area (Å²) in [5.74, 6) is 1.55. The van der Waals surface area contributed by atoms with Crippen LogP contribution >= 0.6 is 23.2 Å². The van der Waals surface area contributed by atoms with Crippen molar-refractivity contribution in [1.82, 2.24) is 5.32 Å². The molecule has 0 aliphatic carbocycles. The van der Waals surface area contributed by atoms with Gasteiger partial charge in [-0.15, -0.1) is 0 Å². The van der Waals surface area contributed by atoms with Gasteiger partial charge >= 0.3 is 0 Å². The van der Waals surface area contributed by atoms with Crippen LogP contribution < -0.4 is 10.1 Å². The highest BCUT2D eigenvalue weighted by Crippen LogP contribution is 2.39. The molecule has 4 nitrogen and oxygen atoms in total. The molecule has 1 heterocycles. The van der Waals surface area contributed by atoms with Gasteiger partial charge in [0.05, 0.1) is 25.3 Å². The molecule has 6 heteroatoms. The molecule has 0 saturated carbocycles. The molecule has 3 aromatic carbocycles. The molecule has 1 aliphatic heterocycles. The van der Waals surface area contributed by atoms with Crippen LogP contribution in [0.2, 0.25) is 10.0 Å². The van der Waals surface area contributed by atoms with E-state index >= 15 is 0 Å². The summed E-state index contributed by atoms with van der Waals surface area (Å²) in [6.07, 6.45) is 0. The van der Waals surface area contributed by atoms with Gasteiger partial charge in [-0.3, -0.25) is 4.99 Å². The number of aliphatic imine (C=N–C) groups is 1. The average molecular weight is 455 g/mol. The number of rotatable bonds is 7. The van der Waals surface area contributed by atoms with E-state index in [9.17, 15) is 0 Å². The molecule has 2 atom stereocenters. The molecular weight excluding hydrogens is 431 g/mol. The summed E-state index contributed by atoms with van der Waals surface area (Å²) in [5, 5.41) is 5.02. The van der Waals surface area contributed by atoms with Gasteiger partial charge in [0.15, 0.2) is 0 Å². The van der Waals surface area contributed by atoms with E-state index < -0.39 is 0 Å². The Balaban J connectivity index is 1.75. The predicted molar refractivity (Wildman–Crippen MR) is 126 cm³/mol. The zero-order valence-electron chi connectivity index (χ0n) is 17.4. The van der Waals surface area contributed by atoms with Crippen molar-refractivity contribution in [3.05, 3.63) is 99.0 Å². The Bertz CT molecular complexity index is 1070. The van der Waals surface area contributed by atoms with Gasteiger partial charge in [0.25, 0.3) is 0 Å². The van der Waals surface area contributed by atoms with Crippen LogP contribution in [0.4, 0.5) is 0 Å². The summed E-state index contributed by atoms with van der Waals surface area (Å²) in [4.78, 5) is 5.08. The second-order valence-corrected chi connectivity index (χ2v) is 8.19. The van der Waals surface area contributed by atoms with Crippen molar-refractivity contribution in [1.29, 1.82) is 0 Å². The molecule has 4 rings (SSSR count). The standard InChI is InChI=1S/C25H24Cl2N2O2/c1-3-31-15-16-4-13-22(30-2)21(14-16)25-28-23(17-5-9-19(26)10-6-17)24(29-25)18-7-11-20(27)12-8-18/h4-14,23-24H,3,15H2,1-2H3,(H,28,29). The molecule has 3 aromatic rings. The fraction of sp³-hybridized carbons (Fsp3) is 0.240. The third-order valence-electron chi connectivity index (χ3n) is 5.31. The third-order valence-corrected chi connectivity index (χ3v) is 5.81. The Morgan fingerprint density at radius 2 is 1.55 bits per heavy atom. The first-order valence-corrected chi connectivity index (χ1v) is 10.9. The van der Waals surface area contributed by atoms with Crippen LogP contribution in [0.15, 0.2) is 71.7 Å². The monoisotopic (exact) mass is 454 g/mol. The van der Waals surface area contributed by atoms with Crippen molar-refractivity contribution < 1.29 is 9.47 Å². The van der Waals surface area contributed by atoms with Gasteiger partial charge in [0, 0.05) is 16.7 Å². The summed E-state index contributed by atoms with van der Waals surface area (Å²) < 4.78 is 11.2. The number of hydrogen-bond donors (Lipinski definition) is 1. The van der Waals surface area contributed by atoms with Gasteiger partial charge < -0.3 is 14.8 Å². The number of halogens is 2. The van der Waals surface area contributed by atoms with E-state index in [-0.39, 0.29) is 12.1 Å². The fourth-order valence-electron chi connectivity index (χ4n) is 3.74. The molecule has 1 aliphatic rings.